The molecule has 0 unspecified atom stereocenters. The summed E-state index contributed by atoms with van der Waals surface area (Å²) >= 11 is 0. The first-order chi connectivity index (χ1) is 12.7. The van der Waals surface area contributed by atoms with E-state index < -0.39 is 0 Å². The molecule has 0 atom stereocenters. The molecule has 1 fully saturated rings. The summed E-state index contributed by atoms with van der Waals surface area (Å²) < 4.78 is 18.3. The predicted molar refractivity (Wildman–Crippen MR) is 95.9 cm³/mol. The molecule has 0 amide bonds. The van der Waals surface area contributed by atoms with Gasteiger partial charge in [0.1, 0.15) is 12.1 Å². The summed E-state index contributed by atoms with van der Waals surface area (Å²) in [5.41, 5.74) is 2.15. The van der Waals surface area contributed by atoms with Gasteiger partial charge in [-0.2, -0.15) is 0 Å². The van der Waals surface area contributed by atoms with Gasteiger partial charge >= 0.3 is 0 Å². The minimum Gasteiger partial charge on any atom is -0.392 e. The third-order valence-corrected chi connectivity index (χ3v) is 4.49. The molecular formula is C18H24FN5O2. The molecular weight excluding hydrogens is 337 g/mol. The van der Waals surface area contributed by atoms with E-state index in [1.807, 2.05) is 6.07 Å². The van der Waals surface area contributed by atoms with Gasteiger partial charge in [-0.1, -0.05) is 11.2 Å². The maximum absolute atomic E-state index is 13.5. The van der Waals surface area contributed by atoms with E-state index in [0.29, 0.717) is 12.1 Å². The minimum atomic E-state index is -0.385. The van der Waals surface area contributed by atoms with Crippen molar-refractivity contribution in [2.45, 2.75) is 19.7 Å². The van der Waals surface area contributed by atoms with Crippen LogP contribution in [0.4, 0.5) is 4.39 Å². The van der Waals surface area contributed by atoms with Gasteiger partial charge in [-0.15, -0.1) is 0 Å². The molecule has 0 aliphatic carbocycles. The van der Waals surface area contributed by atoms with Gasteiger partial charge in [0.2, 0.25) is 0 Å². The molecule has 7 nitrogen and oxygen atoms in total. The number of nitrogens with one attached hydrogen (secondary N) is 1. The highest BCUT2D eigenvalue weighted by Gasteiger charge is 2.20. The molecule has 1 aliphatic heterocycles. The van der Waals surface area contributed by atoms with Gasteiger partial charge in [0.25, 0.3) is 0 Å². The summed E-state index contributed by atoms with van der Waals surface area (Å²) in [7, 11) is 1.76. The molecule has 2 heterocycles. The average molecular weight is 361 g/mol. The van der Waals surface area contributed by atoms with Crippen molar-refractivity contribution in [1.29, 1.82) is 0 Å². The summed E-state index contributed by atoms with van der Waals surface area (Å²) in [6, 6.07) is 6.65. The standard InChI is InChI=1S/C18H24FN5O2/c1-20-18(21-11-14-2-3-17(19)15(10-14)13-25)24-7-5-23(6-8-24)12-16-4-9-26-22-16/h2-4,9-10,25H,5-8,11-13H2,1H3,(H,20,21). The first-order valence-corrected chi connectivity index (χ1v) is 8.65. The van der Waals surface area contributed by atoms with Crippen molar-refractivity contribution in [3.05, 3.63) is 53.2 Å². The van der Waals surface area contributed by atoms with Crippen LogP contribution in [0.25, 0.3) is 0 Å². The molecule has 2 N–H and O–H groups in total. The molecule has 0 bridgehead atoms. The zero-order chi connectivity index (χ0) is 18.4. The Balaban J connectivity index is 1.50. The lowest BCUT2D eigenvalue weighted by Crippen LogP contribution is -2.52. The summed E-state index contributed by atoms with van der Waals surface area (Å²) in [5.74, 6) is 0.435. The molecule has 26 heavy (non-hydrogen) atoms. The number of aliphatic imine (C=N–C) groups is 1. The van der Waals surface area contributed by atoms with E-state index in [4.69, 9.17) is 4.52 Å². The van der Waals surface area contributed by atoms with Gasteiger partial charge in [0.15, 0.2) is 5.96 Å². The summed E-state index contributed by atoms with van der Waals surface area (Å²) in [5, 5.41) is 16.4. The van der Waals surface area contributed by atoms with Gasteiger partial charge in [0.05, 0.1) is 12.3 Å². The lowest BCUT2D eigenvalue weighted by atomic mass is 10.1. The number of aliphatic hydroxyl groups is 1. The van der Waals surface area contributed by atoms with Crippen molar-refractivity contribution in [1.82, 2.24) is 20.3 Å². The Morgan fingerprint density at radius 2 is 2.12 bits per heavy atom. The van der Waals surface area contributed by atoms with Crippen LogP contribution in [0.15, 0.2) is 40.0 Å². The number of hydrogen-bond donors (Lipinski definition) is 2. The highest BCUT2D eigenvalue weighted by atomic mass is 19.1. The lowest BCUT2D eigenvalue weighted by Gasteiger charge is -2.36. The Labute approximate surface area is 152 Å². The first-order valence-electron chi connectivity index (χ1n) is 8.65. The number of piperazine rings is 1. The van der Waals surface area contributed by atoms with Gasteiger partial charge in [-0.05, 0) is 17.7 Å². The van der Waals surface area contributed by atoms with Crippen molar-refractivity contribution >= 4 is 5.96 Å². The smallest absolute Gasteiger partial charge is 0.194 e. The summed E-state index contributed by atoms with van der Waals surface area (Å²) in [4.78, 5) is 8.88. The van der Waals surface area contributed by atoms with Crippen LogP contribution < -0.4 is 5.32 Å². The van der Waals surface area contributed by atoms with Crippen molar-refractivity contribution in [2.24, 2.45) is 4.99 Å². The predicted octanol–water partition coefficient (Wildman–Crippen LogP) is 1.20. The molecule has 8 heteroatoms. The van der Waals surface area contributed by atoms with Crippen LogP contribution in [-0.4, -0.2) is 59.2 Å². The van der Waals surface area contributed by atoms with Gasteiger partial charge in [-0.25, -0.2) is 4.39 Å². The van der Waals surface area contributed by atoms with E-state index in [-0.39, 0.29) is 12.4 Å². The van der Waals surface area contributed by atoms with Crippen LogP contribution in [0.1, 0.15) is 16.8 Å². The number of aliphatic hydroxyl groups excluding tert-OH is 1. The Morgan fingerprint density at radius 3 is 2.77 bits per heavy atom. The van der Waals surface area contributed by atoms with Gasteiger partial charge in [-0.3, -0.25) is 9.89 Å². The summed E-state index contributed by atoms with van der Waals surface area (Å²) in [6.45, 7) is 4.57. The molecule has 1 saturated heterocycles. The highest BCUT2D eigenvalue weighted by Crippen LogP contribution is 2.11. The Morgan fingerprint density at radius 1 is 1.31 bits per heavy atom. The fourth-order valence-corrected chi connectivity index (χ4v) is 3.04. The minimum absolute atomic E-state index is 0.304. The van der Waals surface area contributed by atoms with Crippen molar-refractivity contribution in [2.75, 3.05) is 33.2 Å². The number of benzene rings is 1. The van der Waals surface area contributed by atoms with E-state index in [1.54, 1.807) is 25.4 Å². The van der Waals surface area contributed by atoms with E-state index in [1.165, 1.54) is 6.07 Å². The highest BCUT2D eigenvalue weighted by molar-refractivity contribution is 5.80. The second-order valence-electron chi connectivity index (χ2n) is 6.24. The number of guanidine groups is 1. The fourth-order valence-electron chi connectivity index (χ4n) is 3.04. The molecule has 3 rings (SSSR count). The molecule has 0 radical (unpaired) electrons. The topological polar surface area (TPSA) is 77.1 Å². The SMILES string of the molecule is CN=C(NCc1ccc(F)c(CO)c1)N1CCN(Cc2ccon2)CC1. The average Bonchev–Trinajstić information content (AvgIpc) is 3.17. The Kier molecular flexibility index (Phi) is 6.19. The maximum Gasteiger partial charge on any atom is 0.194 e. The normalized spacial score (nSPS) is 16.1. The number of halogens is 1. The van der Waals surface area contributed by atoms with E-state index in [2.05, 4.69) is 25.3 Å². The third-order valence-electron chi connectivity index (χ3n) is 4.49. The maximum atomic E-state index is 13.5. The Bertz CT molecular complexity index is 727. The van der Waals surface area contributed by atoms with Crippen LogP contribution in [-0.2, 0) is 19.7 Å². The second-order valence-corrected chi connectivity index (χ2v) is 6.24. The second kappa shape index (κ2) is 8.77. The molecule has 0 saturated carbocycles. The third kappa shape index (κ3) is 4.59. The molecule has 0 spiro atoms. The molecule has 1 aromatic heterocycles. The van der Waals surface area contributed by atoms with Crippen molar-refractivity contribution < 1.29 is 14.0 Å². The largest absolute Gasteiger partial charge is 0.392 e. The molecule has 140 valence electrons. The van der Waals surface area contributed by atoms with Crippen molar-refractivity contribution in [3.8, 4) is 0 Å². The number of nitrogens with zero attached hydrogens (tertiary/aromatic N) is 4. The van der Waals surface area contributed by atoms with Crippen LogP contribution in [0.2, 0.25) is 0 Å². The van der Waals surface area contributed by atoms with Crippen molar-refractivity contribution in [3.63, 3.8) is 0 Å². The lowest BCUT2D eigenvalue weighted by molar-refractivity contribution is 0.169. The summed E-state index contributed by atoms with van der Waals surface area (Å²) in [6.07, 6.45) is 1.59. The van der Waals surface area contributed by atoms with Crippen LogP contribution in [0.3, 0.4) is 0 Å². The van der Waals surface area contributed by atoms with Gasteiger partial charge < -0.3 is 19.8 Å². The van der Waals surface area contributed by atoms with Crippen LogP contribution >= 0.6 is 0 Å². The van der Waals surface area contributed by atoms with Crippen LogP contribution in [0, 0.1) is 5.82 Å². The number of hydrogen-bond acceptors (Lipinski definition) is 5. The van der Waals surface area contributed by atoms with Crippen LogP contribution in [0.5, 0.6) is 0 Å². The molecule has 1 aromatic carbocycles. The van der Waals surface area contributed by atoms with Gasteiger partial charge in [0, 0.05) is 57.9 Å². The fraction of sp³-hybridized carbons (Fsp3) is 0.444. The zero-order valence-corrected chi connectivity index (χ0v) is 14.9. The first kappa shape index (κ1) is 18.3. The quantitative estimate of drug-likeness (QED) is 0.616. The monoisotopic (exact) mass is 361 g/mol. The van der Waals surface area contributed by atoms with E-state index in [0.717, 1.165) is 49.9 Å². The number of rotatable bonds is 5. The van der Waals surface area contributed by atoms with E-state index in [9.17, 15) is 9.50 Å². The number of aromatic nitrogens is 1. The zero-order valence-electron chi connectivity index (χ0n) is 14.9. The molecule has 1 aliphatic rings. The Hall–Kier alpha value is -2.45. The molecule has 2 aromatic rings. The van der Waals surface area contributed by atoms with E-state index >= 15 is 0 Å².